The van der Waals surface area contributed by atoms with Crippen LogP contribution in [0.1, 0.15) is 47.0 Å². The lowest BCUT2D eigenvalue weighted by atomic mass is 10.2. The van der Waals surface area contributed by atoms with Crippen LogP contribution in [0.2, 0.25) is 0 Å². The van der Waals surface area contributed by atoms with Gasteiger partial charge in [0, 0.05) is 0 Å². The molecule has 2 N–H and O–H groups in total. The van der Waals surface area contributed by atoms with E-state index in [2.05, 4.69) is 19.6 Å². The lowest BCUT2D eigenvalue weighted by Crippen LogP contribution is -1.69. The second-order valence-electron chi connectivity index (χ2n) is 1.71. The molecular weight excluding hydrogens is 110 g/mol. The van der Waals surface area contributed by atoms with Gasteiger partial charge in [-0.2, -0.15) is 0 Å². The molecule has 0 saturated heterocycles. The predicted molar refractivity (Wildman–Crippen MR) is 46.7 cm³/mol. The van der Waals surface area contributed by atoms with Crippen LogP contribution in [0.3, 0.4) is 0 Å². The summed E-state index contributed by atoms with van der Waals surface area (Å²) in [5.74, 6) is 0. The maximum atomic E-state index is 4.50. The van der Waals surface area contributed by atoms with Gasteiger partial charge in [-0.1, -0.05) is 47.0 Å². The van der Waals surface area contributed by atoms with Crippen molar-refractivity contribution in [2.75, 3.05) is 7.05 Å². The largest absolute Gasteiger partial charge is 0.333 e. The van der Waals surface area contributed by atoms with Crippen molar-refractivity contribution < 1.29 is 0 Å². The molecule has 0 spiro atoms. The fourth-order valence-electron chi connectivity index (χ4n) is 0.500. The number of unbranched alkanes of at least 4 members (excludes halogenated alkanes) is 3. The number of nitrogens with two attached hydrogens (primary N) is 1. The lowest BCUT2D eigenvalue weighted by Gasteiger charge is -1.86. The molecule has 0 atom stereocenters. The molecule has 0 aliphatic rings. The summed E-state index contributed by atoms with van der Waals surface area (Å²) in [6, 6.07) is 0. The molecule has 1 nitrogen and oxygen atoms in total. The summed E-state index contributed by atoms with van der Waals surface area (Å²) in [5.41, 5.74) is 4.50. The van der Waals surface area contributed by atoms with Crippen LogP contribution in [0, 0.1) is 0 Å². The fraction of sp³-hybridized carbons (Fsp3) is 1.00. The standard InChI is InChI=1S/C6H14.CH5N.CH4/c1-3-5-6-4-2;1-2;/h3-6H2,1-2H3;2H2,1H3;1H4. The van der Waals surface area contributed by atoms with E-state index in [1.54, 1.807) is 0 Å². The molecule has 0 aliphatic carbocycles. The highest BCUT2D eigenvalue weighted by atomic mass is 14.4. The molecule has 60 valence electrons. The van der Waals surface area contributed by atoms with Crippen LogP contribution in [0.15, 0.2) is 0 Å². The van der Waals surface area contributed by atoms with E-state index in [0.717, 1.165) is 0 Å². The zero-order valence-corrected chi connectivity index (χ0v) is 6.41. The Hall–Kier alpha value is -0.0400. The molecule has 0 aromatic heterocycles. The van der Waals surface area contributed by atoms with E-state index >= 15 is 0 Å². The molecule has 0 saturated carbocycles. The number of hydrogen-bond donors (Lipinski definition) is 1. The normalized spacial score (nSPS) is 6.67. The molecule has 9 heavy (non-hydrogen) atoms. The Kier molecular flexibility index (Phi) is 43.7. The minimum Gasteiger partial charge on any atom is -0.333 e. The van der Waals surface area contributed by atoms with Crippen molar-refractivity contribution in [2.45, 2.75) is 47.0 Å². The van der Waals surface area contributed by atoms with E-state index in [1.807, 2.05) is 0 Å². The second kappa shape index (κ2) is 24.6. The Morgan fingerprint density at radius 1 is 0.889 bits per heavy atom. The van der Waals surface area contributed by atoms with Gasteiger partial charge in [0.25, 0.3) is 0 Å². The van der Waals surface area contributed by atoms with Crippen LogP contribution >= 0.6 is 0 Å². The van der Waals surface area contributed by atoms with Gasteiger partial charge in [-0.3, -0.25) is 0 Å². The molecule has 0 radical (unpaired) electrons. The van der Waals surface area contributed by atoms with Gasteiger partial charge < -0.3 is 5.73 Å². The van der Waals surface area contributed by atoms with Crippen LogP contribution in [0.4, 0.5) is 0 Å². The average molecular weight is 133 g/mol. The van der Waals surface area contributed by atoms with E-state index < -0.39 is 0 Å². The quantitative estimate of drug-likeness (QED) is 0.589. The van der Waals surface area contributed by atoms with Crippen LogP contribution < -0.4 is 5.73 Å². The smallest absolute Gasteiger partial charge is 0.0195 e. The van der Waals surface area contributed by atoms with Crippen LogP contribution in [0.25, 0.3) is 0 Å². The van der Waals surface area contributed by atoms with Crippen molar-refractivity contribution in [3.05, 3.63) is 0 Å². The fourth-order valence-corrected chi connectivity index (χ4v) is 0.500. The minimum absolute atomic E-state index is 0. The summed E-state index contributed by atoms with van der Waals surface area (Å²) in [6.45, 7) is 4.46. The Morgan fingerprint density at radius 3 is 1.22 bits per heavy atom. The molecule has 1 heteroatoms. The summed E-state index contributed by atoms with van der Waals surface area (Å²) < 4.78 is 0. The molecule has 0 rings (SSSR count). The molecule has 0 heterocycles. The van der Waals surface area contributed by atoms with E-state index in [1.165, 1.54) is 32.7 Å². The summed E-state index contributed by atoms with van der Waals surface area (Å²) in [4.78, 5) is 0. The summed E-state index contributed by atoms with van der Waals surface area (Å²) in [5, 5.41) is 0. The summed E-state index contributed by atoms with van der Waals surface area (Å²) in [7, 11) is 1.50. The highest BCUT2D eigenvalue weighted by molar-refractivity contribution is 4.31. The highest BCUT2D eigenvalue weighted by Crippen LogP contribution is 1.95. The zero-order valence-electron chi connectivity index (χ0n) is 6.41. The molecule has 0 amide bonds. The van der Waals surface area contributed by atoms with Crippen molar-refractivity contribution in [2.24, 2.45) is 5.73 Å². The van der Waals surface area contributed by atoms with Crippen LogP contribution in [-0.2, 0) is 0 Å². The molecule has 0 fully saturated rings. The number of rotatable bonds is 3. The topological polar surface area (TPSA) is 26.0 Å². The van der Waals surface area contributed by atoms with Crippen molar-refractivity contribution in [3.63, 3.8) is 0 Å². The van der Waals surface area contributed by atoms with Gasteiger partial charge in [-0.15, -0.1) is 0 Å². The zero-order chi connectivity index (χ0) is 6.83. The third-order valence-corrected chi connectivity index (χ3v) is 0.957. The van der Waals surface area contributed by atoms with Crippen molar-refractivity contribution in [1.29, 1.82) is 0 Å². The Labute approximate surface area is 60.6 Å². The molecular formula is C8H23N. The van der Waals surface area contributed by atoms with Crippen LogP contribution in [-0.4, -0.2) is 7.05 Å². The van der Waals surface area contributed by atoms with Crippen molar-refractivity contribution in [1.82, 2.24) is 0 Å². The first-order valence-corrected chi connectivity index (χ1v) is 3.49. The maximum Gasteiger partial charge on any atom is -0.0195 e. The second-order valence-corrected chi connectivity index (χ2v) is 1.71. The molecule has 0 aliphatic heterocycles. The van der Waals surface area contributed by atoms with Gasteiger partial charge in [0.15, 0.2) is 0 Å². The van der Waals surface area contributed by atoms with Gasteiger partial charge in [-0.05, 0) is 7.05 Å². The van der Waals surface area contributed by atoms with E-state index in [-0.39, 0.29) is 7.43 Å². The molecule has 0 aromatic carbocycles. The molecule has 0 unspecified atom stereocenters. The summed E-state index contributed by atoms with van der Waals surface area (Å²) in [6.07, 6.45) is 5.54. The van der Waals surface area contributed by atoms with Gasteiger partial charge in [-0.25, -0.2) is 0 Å². The van der Waals surface area contributed by atoms with E-state index in [9.17, 15) is 0 Å². The van der Waals surface area contributed by atoms with Gasteiger partial charge >= 0.3 is 0 Å². The van der Waals surface area contributed by atoms with Gasteiger partial charge in [0.1, 0.15) is 0 Å². The van der Waals surface area contributed by atoms with E-state index in [4.69, 9.17) is 0 Å². The minimum atomic E-state index is 0. The lowest BCUT2D eigenvalue weighted by molar-refractivity contribution is 0.702. The molecule has 0 bridgehead atoms. The first-order chi connectivity index (χ1) is 3.91. The van der Waals surface area contributed by atoms with E-state index in [0.29, 0.717) is 0 Å². The average Bonchev–Trinajstić information content (AvgIpc) is 1.88. The first kappa shape index (κ1) is 16.0. The SMILES string of the molecule is C.CCCCCC.CN. The predicted octanol–water partition coefficient (Wildman–Crippen LogP) is 2.80. The highest BCUT2D eigenvalue weighted by Gasteiger charge is 1.75. The van der Waals surface area contributed by atoms with Crippen molar-refractivity contribution >= 4 is 0 Å². The monoisotopic (exact) mass is 133 g/mol. The van der Waals surface area contributed by atoms with Crippen LogP contribution in [0.5, 0.6) is 0 Å². The third-order valence-electron chi connectivity index (χ3n) is 0.957. The number of hydrogen-bond acceptors (Lipinski definition) is 1. The first-order valence-electron chi connectivity index (χ1n) is 3.49. The Morgan fingerprint density at radius 2 is 1.11 bits per heavy atom. The Balaban J connectivity index is -0.000000109. The molecule has 0 aromatic rings. The van der Waals surface area contributed by atoms with Crippen molar-refractivity contribution in [3.8, 4) is 0 Å². The maximum absolute atomic E-state index is 4.50. The van der Waals surface area contributed by atoms with Gasteiger partial charge in [0.2, 0.25) is 0 Å². The third kappa shape index (κ3) is 32.3. The van der Waals surface area contributed by atoms with Gasteiger partial charge in [0.05, 0.1) is 0 Å². The summed E-state index contributed by atoms with van der Waals surface area (Å²) >= 11 is 0. The Bertz CT molecular complexity index is 16.5.